The molecule has 2 N–H and O–H groups in total. The molecule has 37 heavy (non-hydrogen) atoms. The van der Waals surface area contributed by atoms with E-state index in [0.717, 1.165) is 12.0 Å². The highest BCUT2D eigenvalue weighted by Gasteiger charge is 1.97. The molecule has 206 valence electrons. The molecule has 0 atom stereocenters. The lowest BCUT2D eigenvalue weighted by molar-refractivity contribution is -0.0187. The SMILES string of the molecule is Nc1ccc(OCCOCCOCCOCCOCCOCCOCCOc2ccc(C=O)cc2)cc1. The van der Waals surface area contributed by atoms with Crippen molar-refractivity contribution in [1.82, 2.24) is 0 Å². The third-order valence-corrected chi connectivity index (χ3v) is 4.75. The third kappa shape index (κ3) is 16.6. The molecule has 2 aromatic carbocycles. The van der Waals surface area contributed by atoms with Crippen LogP contribution in [0.25, 0.3) is 0 Å². The molecule has 0 aliphatic rings. The van der Waals surface area contributed by atoms with Crippen LogP contribution in [-0.2, 0) is 28.4 Å². The van der Waals surface area contributed by atoms with Crippen LogP contribution in [0.5, 0.6) is 11.5 Å². The maximum atomic E-state index is 10.6. The Morgan fingerprint density at radius 3 is 1.08 bits per heavy atom. The summed E-state index contributed by atoms with van der Waals surface area (Å²) in [6, 6.07) is 14.2. The number of anilines is 1. The standard InChI is InChI=1S/C27H39NO9/c28-25-3-7-27(8-4-25)37-22-20-35-18-16-33-14-12-31-10-9-30-11-13-32-15-17-34-19-21-36-26-5-1-24(23-29)2-6-26/h1-8,23H,9-22,28H2. The minimum atomic E-state index is 0.434. The van der Waals surface area contributed by atoms with Gasteiger partial charge >= 0.3 is 0 Å². The molecular weight excluding hydrogens is 482 g/mol. The summed E-state index contributed by atoms with van der Waals surface area (Å²) in [5, 5.41) is 0. The number of aldehydes is 1. The van der Waals surface area contributed by atoms with Crippen LogP contribution in [0.1, 0.15) is 10.4 Å². The quantitative estimate of drug-likeness (QED) is 0.126. The van der Waals surface area contributed by atoms with Crippen molar-refractivity contribution in [3.63, 3.8) is 0 Å². The first-order chi connectivity index (χ1) is 18.3. The number of carbonyl (C=O) groups is 1. The minimum Gasteiger partial charge on any atom is -0.491 e. The Kier molecular flexibility index (Phi) is 17.6. The Morgan fingerprint density at radius 2 is 0.757 bits per heavy atom. The summed E-state index contributed by atoms with van der Waals surface area (Å²) < 4.78 is 43.8. The summed E-state index contributed by atoms with van der Waals surface area (Å²) in [6.07, 6.45) is 0.798. The molecule has 10 nitrogen and oxygen atoms in total. The topological polar surface area (TPSA) is 117 Å². The van der Waals surface area contributed by atoms with Crippen LogP contribution in [0.15, 0.2) is 48.5 Å². The van der Waals surface area contributed by atoms with Gasteiger partial charge in [-0.25, -0.2) is 0 Å². The molecule has 0 aliphatic heterocycles. The van der Waals surface area contributed by atoms with Crippen LogP contribution < -0.4 is 15.2 Å². The molecule has 0 saturated carbocycles. The molecule has 0 saturated heterocycles. The monoisotopic (exact) mass is 521 g/mol. The summed E-state index contributed by atoms with van der Waals surface area (Å²) in [6.45, 7) is 6.86. The van der Waals surface area contributed by atoms with Crippen molar-refractivity contribution in [3.8, 4) is 11.5 Å². The van der Waals surface area contributed by atoms with E-state index in [9.17, 15) is 4.79 Å². The first-order valence-electron chi connectivity index (χ1n) is 12.4. The maximum absolute atomic E-state index is 10.6. The van der Waals surface area contributed by atoms with Crippen LogP contribution in [0, 0.1) is 0 Å². The number of nitrogen functional groups attached to an aromatic ring is 1. The minimum absolute atomic E-state index is 0.434. The Bertz CT molecular complexity index is 803. The lowest BCUT2D eigenvalue weighted by Gasteiger charge is -2.09. The summed E-state index contributed by atoms with van der Waals surface area (Å²) in [5.41, 5.74) is 6.96. The molecule has 10 heteroatoms. The van der Waals surface area contributed by atoms with Crippen molar-refractivity contribution in [2.45, 2.75) is 0 Å². The number of benzene rings is 2. The Morgan fingerprint density at radius 1 is 0.459 bits per heavy atom. The van der Waals surface area contributed by atoms with Gasteiger partial charge in [0.15, 0.2) is 0 Å². The van der Waals surface area contributed by atoms with E-state index in [-0.39, 0.29) is 0 Å². The van der Waals surface area contributed by atoms with Crippen LogP contribution in [0.3, 0.4) is 0 Å². The summed E-state index contributed by atoms with van der Waals surface area (Å²) >= 11 is 0. The van der Waals surface area contributed by atoms with Crippen molar-refractivity contribution >= 4 is 12.0 Å². The van der Waals surface area contributed by atoms with E-state index in [4.69, 9.17) is 43.6 Å². The molecule has 0 aliphatic carbocycles. The predicted octanol–water partition coefficient (Wildman–Crippen LogP) is 2.64. The van der Waals surface area contributed by atoms with Crippen molar-refractivity contribution in [3.05, 3.63) is 54.1 Å². The van der Waals surface area contributed by atoms with E-state index >= 15 is 0 Å². The van der Waals surface area contributed by atoms with Gasteiger partial charge in [-0.15, -0.1) is 0 Å². The fourth-order valence-electron chi connectivity index (χ4n) is 2.85. The second-order valence-electron chi connectivity index (χ2n) is 7.63. The summed E-state index contributed by atoms with van der Waals surface area (Å²) in [4.78, 5) is 10.6. The van der Waals surface area contributed by atoms with Gasteiger partial charge in [0.05, 0.1) is 79.3 Å². The van der Waals surface area contributed by atoms with Crippen molar-refractivity contribution in [2.24, 2.45) is 0 Å². The molecule has 0 amide bonds. The van der Waals surface area contributed by atoms with Crippen LogP contribution in [0.2, 0.25) is 0 Å². The zero-order chi connectivity index (χ0) is 26.2. The van der Waals surface area contributed by atoms with Crippen molar-refractivity contribution < 1.29 is 42.7 Å². The van der Waals surface area contributed by atoms with E-state index in [1.54, 1.807) is 36.4 Å². The molecule has 0 aromatic heterocycles. The van der Waals surface area contributed by atoms with Crippen LogP contribution >= 0.6 is 0 Å². The van der Waals surface area contributed by atoms with Crippen LogP contribution in [0.4, 0.5) is 5.69 Å². The molecule has 0 heterocycles. The molecule has 2 rings (SSSR count). The number of hydrogen-bond donors (Lipinski definition) is 1. The van der Waals surface area contributed by atoms with Gasteiger partial charge in [0.25, 0.3) is 0 Å². The highest BCUT2D eigenvalue weighted by atomic mass is 16.6. The van der Waals surface area contributed by atoms with E-state index < -0.39 is 0 Å². The average Bonchev–Trinajstić information content (AvgIpc) is 2.93. The molecule has 2 aromatic rings. The zero-order valence-corrected chi connectivity index (χ0v) is 21.3. The average molecular weight is 522 g/mol. The summed E-state index contributed by atoms with van der Waals surface area (Å²) in [7, 11) is 0. The zero-order valence-electron chi connectivity index (χ0n) is 21.3. The molecule has 0 bridgehead atoms. The van der Waals surface area contributed by atoms with E-state index in [0.29, 0.717) is 109 Å². The van der Waals surface area contributed by atoms with Gasteiger partial charge in [0.2, 0.25) is 0 Å². The normalized spacial score (nSPS) is 10.9. The van der Waals surface area contributed by atoms with E-state index in [2.05, 4.69) is 0 Å². The fourth-order valence-corrected chi connectivity index (χ4v) is 2.85. The highest BCUT2D eigenvalue weighted by Crippen LogP contribution is 2.12. The highest BCUT2D eigenvalue weighted by molar-refractivity contribution is 5.74. The maximum Gasteiger partial charge on any atom is 0.150 e. The van der Waals surface area contributed by atoms with Gasteiger partial charge in [-0.2, -0.15) is 0 Å². The fraction of sp³-hybridized carbons (Fsp3) is 0.519. The van der Waals surface area contributed by atoms with E-state index in [1.807, 2.05) is 12.1 Å². The van der Waals surface area contributed by atoms with Gasteiger partial charge in [-0.05, 0) is 48.5 Å². The van der Waals surface area contributed by atoms with E-state index in [1.165, 1.54) is 0 Å². The van der Waals surface area contributed by atoms with Crippen molar-refractivity contribution in [2.75, 3.05) is 98.2 Å². The van der Waals surface area contributed by atoms with Gasteiger partial charge in [-0.3, -0.25) is 4.79 Å². The molecule has 0 spiro atoms. The Hall–Kier alpha value is -2.73. The Balaban J connectivity index is 1.21. The number of nitrogens with two attached hydrogens (primary N) is 1. The molecule has 0 fully saturated rings. The Labute approximate surface area is 218 Å². The molecule has 0 radical (unpaired) electrons. The second-order valence-corrected chi connectivity index (χ2v) is 7.63. The number of hydrogen-bond acceptors (Lipinski definition) is 10. The number of ether oxygens (including phenoxy) is 8. The third-order valence-electron chi connectivity index (χ3n) is 4.75. The molecular formula is C27H39NO9. The first-order valence-corrected chi connectivity index (χ1v) is 12.4. The number of carbonyl (C=O) groups excluding carboxylic acids is 1. The lowest BCUT2D eigenvalue weighted by atomic mass is 10.2. The number of rotatable bonds is 24. The smallest absolute Gasteiger partial charge is 0.150 e. The van der Waals surface area contributed by atoms with Gasteiger partial charge < -0.3 is 43.6 Å². The molecule has 0 unspecified atom stereocenters. The predicted molar refractivity (Wildman–Crippen MR) is 139 cm³/mol. The first kappa shape index (κ1) is 30.5. The van der Waals surface area contributed by atoms with Gasteiger partial charge in [0, 0.05) is 11.3 Å². The second kappa shape index (κ2) is 21.4. The lowest BCUT2D eigenvalue weighted by Crippen LogP contribution is -2.15. The largest absolute Gasteiger partial charge is 0.491 e. The van der Waals surface area contributed by atoms with Crippen LogP contribution in [-0.4, -0.2) is 98.8 Å². The summed E-state index contributed by atoms with van der Waals surface area (Å²) in [5.74, 6) is 1.48. The van der Waals surface area contributed by atoms with Gasteiger partial charge in [0.1, 0.15) is 31.0 Å². The van der Waals surface area contributed by atoms with Gasteiger partial charge in [-0.1, -0.05) is 0 Å². The van der Waals surface area contributed by atoms with Crippen molar-refractivity contribution in [1.29, 1.82) is 0 Å².